The highest BCUT2D eigenvalue weighted by atomic mass is 32.1. The SMILES string of the molecule is C=CCN=C([S-])[C@@H](C(=O)c1ccc(OC(F)F)cc1)[n+]1ccc(CCC)cc1. The summed E-state index contributed by atoms with van der Waals surface area (Å²) >= 11 is 5.39. The molecule has 0 saturated heterocycles. The van der Waals surface area contributed by atoms with E-state index in [-0.39, 0.29) is 16.6 Å². The lowest BCUT2D eigenvalue weighted by Gasteiger charge is -2.18. The van der Waals surface area contributed by atoms with E-state index < -0.39 is 12.7 Å². The van der Waals surface area contributed by atoms with Crippen molar-refractivity contribution >= 4 is 23.5 Å². The second kappa shape index (κ2) is 10.6. The first kappa shape index (κ1) is 21.6. The number of alkyl halides is 2. The van der Waals surface area contributed by atoms with E-state index in [4.69, 9.17) is 12.6 Å². The normalized spacial score (nSPS) is 12.6. The Bertz CT molecular complexity index is 821. The number of aryl methyl sites for hydroxylation is 1. The van der Waals surface area contributed by atoms with Gasteiger partial charge in [0.1, 0.15) is 5.75 Å². The molecular weight excluding hydrogens is 382 g/mol. The molecule has 0 radical (unpaired) electrons. The lowest BCUT2D eigenvalue weighted by atomic mass is 10.0. The molecule has 1 atom stereocenters. The third kappa shape index (κ3) is 5.92. The zero-order valence-corrected chi connectivity index (χ0v) is 16.4. The van der Waals surface area contributed by atoms with E-state index in [1.165, 1.54) is 24.3 Å². The average Bonchev–Trinajstić information content (AvgIpc) is 2.68. The summed E-state index contributed by atoms with van der Waals surface area (Å²) in [5, 5.41) is 0.228. The van der Waals surface area contributed by atoms with Crippen molar-refractivity contribution in [1.82, 2.24) is 0 Å². The molecule has 1 aromatic heterocycles. The van der Waals surface area contributed by atoms with Crippen LogP contribution in [0, 0.1) is 0 Å². The molecule has 7 heteroatoms. The Balaban J connectivity index is 2.35. The van der Waals surface area contributed by atoms with Crippen LogP contribution in [0.3, 0.4) is 0 Å². The predicted molar refractivity (Wildman–Crippen MR) is 107 cm³/mol. The molecule has 1 heterocycles. The fourth-order valence-electron chi connectivity index (χ4n) is 2.67. The summed E-state index contributed by atoms with van der Waals surface area (Å²) in [6.45, 7) is 3.09. The maximum Gasteiger partial charge on any atom is 0.387 e. The van der Waals surface area contributed by atoms with Crippen molar-refractivity contribution in [1.29, 1.82) is 0 Å². The van der Waals surface area contributed by atoms with Crippen LogP contribution < -0.4 is 9.30 Å². The van der Waals surface area contributed by atoms with E-state index in [0.29, 0.717) is 12.1 Å². The van der Waals surface area contributed by atoms with Gasteiger partial charge in [-0.2, -0.15) is 13.3 Å². The molecule has 0 N–H and O–H groups in total. The van der Waals surface area contributed by atoms with Gasteiger partial charge < -0.3 is 22.4 Å². The standard InChI is InChI=1S/C21H22F2N2O2S/c1-3-5-15-10-13-25(14-11-15)18(20(28)24-12-4-2)19(26)16-6-8-17(9-7-16)27-21(22)23/h4,6-11,13-14,18,21H,2-3,5,12H2,1H3/t18-/m1/s1. The Morgan fingerprint density at radius 2 is 1.89 bits per heavy atom. The highest BCUT2D eigenvalue weighted by molar-refractivity contribution is 7.77. The number of carbonyl (C=O) groups excluding carboxylic acids is 1. The van der Waals surface area contributed by atoms with Crippen molar-refractivity contribution in [3.63, 3.8) is 0 Å². The molecule has 0 unspecified atom stereocenters. The summed E-state index contributed by atoms with van der Waals surface area (Å²) in [5.74, 6) is -0.298. The van der Waals surface area contributed by atoms with Gasteiger partial charge in [-0.3, -0.25) is 4.79 Å². The highest BCUT2D eigenvalue weighted by Gasteiger charge is 2.28. The summed E-state index contributed by atoms with van der Waals surface area (Å²) < 4.78 is 30.7. The number of aromatic nitrogens is 1. The molecule has 0 aliphatic heterocycles. The maximum absolute atomic E-state index is 13.1. The average molecular weight is 404 g/mol. The van der Waals surface area contributed by atoms with E-state index in [2.05, 4.69) is 23.2 Å². The fraction of sp³-hybridized carbons (Fsp3) is 0.286. The molecular formula is C21H22F2N2O2S. The van der Waals surface area contributed by atoms with Gasteiger partial charge in [0.05, 0.1) is 6.54 Å². The Morgan fingerprint density at radius 3 is 2.43 bits per heavy atom. The van der Waals surface area contributed by atoms with Gasteiger partial charge in [0, 0.05) is 17.7 Å². The fourth-order valence-corrected chi connectivity index (χ4v) is 2.97. The number of ketones is 1. The minimum Gasteiger partial charge on any atom is -0.758 e. The lowest BCUT2D eigenvalue weighted by molar-refractivity contribution is -0.692. The van der Waals surface area contributed by atoms with Crippen LogP contribution in [0.5, 0.6) is 5.75 Å². The number of aliphatic imine (C=N–C) groups is 1. The smallest absolute Gasteiger partial charge is 0.387 e. The van der Waals surface area contributed by atoms with Gasteiger partial charge in [0.15, 0.2) is 12.4 Å². The largest absolute Gasteiger partial charge is 0.758 e. The lowest BCUT2D eigenvalue weighted by Crippen LogP contribution is -2.47. The first-order valence-corrected chi connectivity index (χ1v) is 9.28. The quantitative estimate of drug-likeness (QED) is 0.150. The van der Waals surface area contributed by atoms with Crippen LogP contribution in [0.1, 0.15) is 35.3 Å². The van der Waals surface area contributed by atoms with Crippen LogP contribution in [0.25, 0.3) is 0 Å². The van der Waals surface area contributed by atoms with Gasteiger partial charge in [0.2, 0.25) is 11.8 Å². The number of nitrogens with zero attached hydrogens (tertiary/aromatic N) is 2. The summed E-state index contributed by atoms with van der Waals surface area (Å²) in [6, 6.07) is 8.61. The Morgan fingerprint density at radius 1 is 1.25 bits per heavy atom. The van der Waals surface area contributed by atoms with Crippen molar-refractivity contribution in [2.75, 3.05) is 6.54 Å². The third-order valence-electron chi connectivity index (χ3n) is 3.98. The molecule has 0 bridgehead atoms. The molecule has 4 nitrogen and oxygen atoms in total. The number of benzene rings is 1. The van der Waals surface area contributed by atoms with Crippen LogP contribution in [-0.2, 0) is 19.0 Å². The molecule has 0 spiro atoms. The Hall–Kier alpha value is -2.67. The first-order chi connectivity index (χ1) is 13.5. The second-order valence-electron chi connectivity index (χ2n) is 6.04. The summed E-state index contributed by atoms with van der Waals surface area (Å²) in [4.78, 5) is 17.3. The minimum atomic E-state index is -2.92. The number of hydrogen-bond acceptors (Lipinski definition) is 4. The van der Waals surface area contributed by atoms with Crippen LogP contribution in [0.4, 0.5) is 8.78 Å². The number of halogens is 2. The van der Waals surface area contributed by atoms with Gasteiger partial charge in [-0.25, -0.2) is 0 Å². The van der Waals surface area contributed by atoms with Gasteiger partial charge in [-0.1, -0.05) is 19.4 Å². The monoisotopic (exact) mass is 404 g/mol. The van der Waals surface area contributed by atoms with E-state index in [9.17, 15) is 13.6 Å². The zero-order chi connectivity index (χ0) is 20.5. The number of ether oxygens (including phenoxy) is 1. The van der Waals surface area contributed by atoms with Crippen molar-refractivity contribution in [2.45, 2.75) is 32.4 Å². The van der Waals surface area contributed by atoms with Crippen molar-refractivity contribution in [3.8, 4) is 5.75 Å². The molecule has 2 aromatic rings. The molecule has 148 valence electrons. The van der Waals surface area contributed by atoms with Crippen LogP contribution in [-0.4, -0.2) is 24.0 Å². The number of Topliss-reactive ketones (excluding diaryl/α,β-unsaturated/α-hetero) is 1. The van der Waals surface area contributed by atoms with E-state index in [0.717, 1.165) is 18.4 Å². The van der Waals surface area contributed by atoms with Crippen LogP contribution in [0.2, 0.25) is 0 Å². The summed E-state index contributed by atoms with van der Waals surface area (Å²) in [6.07, 6.45) is 7.16. The summed E-state index contributed by atoms with van der Waals surface area (Å²) in [5.41, 5.74) is 1.49. The van der Waals surface area contributed by atoms with Crippen molar-refractivity contribution < 1.29 is 22.9 Å². The molecule has 1 aromatic carbocycles. The molecule has 28 heavy (non-hydrogen) atoms. The third-order valence-corrected chi connectivity index (χ3v) is 4.33. The number of rotatable bonds is 10. The van der Waals surface area contributed by atoms with Crippen LogP contribution >= 0.6 is 0 Å². The van der Waals surface area contributed by atoms with Gasteiger partial charge in [0.25, 0.3) is 0 Å². The number of carbonyl (C=O) groups is 1. The highest BCUT2D eigenvalue weighted by Crippen LogP contribution is 2.18. The van der Waals surface area contributed by atoms with Gasteiger partial charge in [-0.15, -0.1) is 6.58 Å². The molecule has 0 aliphatic carbocycles. The first-order valence-electron chi connectivity index (χ1n) is 8.87. The van der Waals surface area contributed by atoms with Gasteiger partial charge in [-0.05, 0) is 41.3 Å². The number of pyridine rings is 1. The van der Waals surface area contributed by atoms with E-state index in [1.807, 2.05) is 12.1 Å². The van der Waals surface area contributed by atoms with E-state index >= 15 is 0 Å². The van der Waals surface area contributed by atoms with Gasteiger partial charge >= 0.3 is 6.61 Å². The second-order valence-corrected chi connectivity index (χ2v) is 6.46. The van der Waals surface area contributed by atoms with E-state index in [1.54, 1.807) is 23.0 Å². The van der Waals surface area contributed by atoms with Crippen molar-refractivity contribution in [2.24, 2.45) is 4.99 Å². The van der Waals surface area contributed by atoms with Crippen molar-refractivity contribution in [3.05, 3.63) is 72.6 Å². The topological polar surface area (TPSA) is 42.5 Å². The molecule has 0 saturated carbocycles. The number of hydrogen-bond donors (Lipinski definition) is 0. The molecule has 0 aliphatic rings. The maximum atomic E-state index is 13.1. The molecule has 0 amide bonds. The Labute approximate surface area is 169 Å². The molecule has 0 fully saturated rings. The summed E-state index contributed by atoms with van der Waals surface area (Å²) in [7, 11) is 0. The zero-order valence-electron chi connectivity index (χ0n) is 15.6. The predicted octanol–water partition coefficient (Wildman–Crippen LogP) is 4.08. The Kier molecular flexibility index (Phi) is 8.19. The van der Waals surface area contributed by atoms with Crippen LogP contribution in [0.15, 0.2) is 66.4 Å². The molecule has 2 rings (SSSR count). The minimum absolute atomic E-state index is 0.0152.